The van der Waals surface area contributed by atoms with Gasteiger partial charge in [0.05, 0.1) is 26.8 Å². The van der Waals surface area contributed by atoms with E-state index in [1.807, 2.05) is 0 Å². The molecule has 23 heavy (non-hydrogen) atoms. The SMILES string of the molecule is CCCCCCCCCCCCCCCC/C=C/[N+](C)(C)CC. The molecule has 0 spiro atoms. The standard InChI is InChI=1S/C22H46N/c1-5-7-8-9-10-11-12-13-14-15-16-17-18-19-20-21-22-23(3,4)6-2/h21-22H,5-20H2,1-4H3/q+1/b22-21+. The van der Waals surface area contributed by atoms with Gasteiger partial charge in [-0.25, -0.2) is 0 Å². The van der Waals surface area contributed by atoms with E-state index in [-0.39, 0.29) is 0 Å². The number of hydrogen-bond acceptors (Lipinski definition) is 0. The van der Waals surface area contributed by atoms with Gasteiger partial charge in [0.25, 0.3) is 0 Å². The van der Waals surface area contributed by atoms with Crippen LogP contribution in [0.4, 0.5) is 0 Å². The van der Waals surface area contributed by atoms with E-state index in [9.17, 15) is 0 Å². The molecule has 0 rings (SSSR count). The topological polar surface area (TPSA) is 0 Å². The molecule has 0 saturated carbocycles. The van der Waals surface area contributed by atoms with Crippen LogP contribution in [-0.4, -0.2) is 25.1 Å². The summed E-state index contributed by atoms with van der Waals surface area (Å²) in [4.78, 5) is 0. The second-order valence-corrected chi connectivity index (χ2v) is 7.86. The van der Waals surface area contributed by atoms with Crippen LogP contribution in [-0.2, 0) is 0 Å². The molecule has 0 unspecified atom stereocenters. The third-order valence-corrected chi connectivity index (χ3v) is 5.05. The van der Waals surface area contributed by atoms with Gasteiger partial charge in [0.2, 0.25) is 0 Å². The Labute approximate surface area is 148 Å². The normalized spacial score (nSPS) is 12.3. The molecule has 0 amide bonds. The van der Waals surface area contributed by atoms with Crippen molar-refractivity contribution in [1.29, 1.82) is 0 Å². The zero-order chi connectivity index (χ0) is 17.2. The maximum atomic E-state index is 2.38. The Morgan fingerprint density at radius 1 is 0.565 bits per heavy atom. The van der Waals surface area contributed by atoms with E-state index < -0.39 is 0 Å². The van der Waals surface area contributed by atoms with Gasteiger partial charge < -0.3 is 4.48 Å². The predicted octanol–water partition coefficient (Wildman–Crippen LogP) is 7.47. The molecule has 0 aliphatic rings. The number of hydrogen-bond donors (Lipinski definition) is 0. The molecule has 0 bridgehead atoms. The van der Waals surface area contributed by atoms with E-state index in [0.717, 1.165) is 4.48 Å². The maximum absolute atomic E-state index is 2.38. The molecule has 0 saturated heterocycles. The first-order valence-electron chi connectivity index (χ1n) is 10.6. The zero-order valence-corrected chi connectivity index (χ0v) is 16.9. The van der Waals surface area contributed by atoms with Gasteiger partial charge in [-0.05, 0) is 25.8 Å². The van der Waals surface area contributed by atoms with Crippen LogP contribution in [0.1, 0.15) is 110 Å². The fourth-order valence-corrected chi connectivity index (χ4v) is 2.92. The number of quaternary nitrogens is 1. The summed E-state index contributed by atoms with van der Waals surface area (Å²) in [6, 6.07) is 0. The average Bonchev–Trinajstić information content (AvgIpc) is 2.54. The van der Waals surface area contributed by atoms with Crippen molar-refractivity contribution in [3.05, 3.63) is 12.3 Å². The van der Waals surface area contributed by atoms with Crippen molar-refractivity contribution in [2.75, 3.05) is 20.6 Å². The monoisotopic (exact) mass is 324 g/mol. The summed E-state index contributed by atoms with van der Waals surface area (Å²) in [6.45, 7) is 5.72. The summed E-state index contributed by atoms with van der Waals surface area (Å²) in [6.07, 6.45) is 26.2. The van der Waals surface area contributed by atoms with Gasteiger partial charge in [-0.1, -0.05) is 90.4 Å². The molecular formula is C22H46N+. The number of allylic oxidation sites excluding steroid dienone is 1. The quantitative estimate of drug-likeness (QED) is 0.192. The van der Waals surface area contributed by atoms with Crippen molar-refractivity contribution in [1.82, 2.24) is 0 Å². The first-order valence-corrected chi connectivity index (χ1v) is 10.6. The van der Waals surface area contributed by atoms with Crippen molar-refractivity contribution in [2.24, 2.45) is 0 Å². The van der Waals surface area contributed by atoms with E-state index in [4.69, 9.17) is 0 Å². The molecule has 0 aromatic carbocycles. The van der Waals surface area contributed by atoms with E-state index in [0.29, 0.717) is 0 Å². The van der Waals surface area contributed by atoms with Crippen molar-refractivity contribution < 1.29 is 4.48 Å². The van der Waals surface area contributed by atoms with Crippen LogP contribution in [0.5, 0.6) is 0 Å². The minimum Gasteiger partial charge on any atom is -0.303 e. The van der Waals surface area contributed by atoms with Crippen LogP contribution in [0.15, 0.2) is 12.3 Å². The lowest BCUT2D eigenvalue weighted by Crippen LogP contribution is -2.32. The first kappa shape index (κ1) is 22.7. The molecule has 0 atom stereocenters. The minimum absolute atomic E-state index is 1.01. The lowest BCUT2D eigenvalue weighted by Gasteiger charge is -2.22. The molecule has 0 N–H and O–H groups in total. The average molecular weight is 325 g/mol. The highest BCUT2D eigenvalue weighted by Gasteiger charge is 2.04. The van der Waals surface area contributed by atoms with Crippen molar-refractivity contribution in [3.63, 3.8) is 0 Å². The van der Waals surface area contributed by atoms with Crippen molar-refractivity contribution >= 4 is 0 Å². The summed E-state index contributed by atoms with van der Waals surface area (Å²) in [5.74, 6) is 0. The van der Waals surface area contributed by atoms with Crippen LogP contribution in [0.2, 0.25) is 0 Å². The van der Waals surface area contributed by atoms with Gasteiger partial charge in [-0.15, -0.1) is 0 Å². The second-order valence-electron chi connectivity index (χ2n) is 7.86. The summed E-state index contributed by atoms with van der Waals surface area (Å²) in [5.41, 5.74) is 0. The predicted molar refractivity (Wildman–Crippen MR) is 107 cm³/mol. The van der Waals surface area contributed by atoms with E-state index in [1.54, 1.807) is 0 Å². The van der Waals surface area contributed by atoms with E-state index >= 15 is 0 Å². The molecule has 0 heterocycles. The van der Waals surface area contributed by atoms with Crippen LogP contribution in [0.3, 0.4) is 0 Å². The molecule has 0 aliphatic carbocycles. The van der Waals surface area contributed by atoms with Crippen LogP contribution >= 0.6 is 0 Å². The summed E-state index contributed by atoms with van der Waals surface area (Å²) >= 11 is 0. The molecule has 0 radical (unpaired) electrons. The number of nitrogens with zero attached hydrogens (tertiary/aromatic N) is 1. The second kappa shape index (κ2) is 16.6. The Hall–Kier alpha value is -0.300. The Kier molecular flexibility index (Phi) is 16.3. The van der Waals surface area contributed by atoms with Crippen LogP contribution in [0.25, 0.3) is 0 Å². The smallest absolute Gasteiger partial charge is 0.0913 e. The molecule has 138 valence electrons. The minimum atomic E-state index is 1.01. The van der Waals surface area contributed by atoms with Crippen molar-refractivity contribution in [3.8, 4) is 0 Å². The summed E-state index contributed by atoms with van der Waals surface area (Å²) in [7, 11) is 4.53. The molecule has 0 aliphatic heterocycles. The van der Waals surface area contributed by atoms with Gasteiger partial charge in [0, 0.05) is 0 Å². The van der Waals surface area contributed by atoms with E-state index in [1.165, 1.54) is 103 Å². The molecule has 0 aromatic rings. The van der Waals surface area contributed by atoms with Gasteiger partial charge in [-0.3, -0.25) is 0 Å². The molecule has 1 nitrogen and oxygen atoms in total. The fraction of sp³-hybridized carbons (Fsp3) is 0.909. The van der Waals surface area contributed by atoms with Crippen molar-refractivity contribution in [2.45, 2.75) is 110 Å². The first-order chi connectivity index (χ1) is 11.1. The third kappa shape index (κ3) is 17.9. The molecule has 0 fully saturated rings. The van der Waals surface area contributed by atoms with Gasteiger partial charge in [-0.2, -0.15) is 0 Å². The Morgan fingerprint density at radius 2 is 0.957 bits per heavy atom. The highest BCUT2D eigenvalue weighted by molar-refractivity contribution is 4.73. The summed E-state index contributed by atoms with van der Waals surface area (Å²) < 4.78 is 1.01. The van der Waals surface area contributed by atoms with Gasteiger partial charge >= 0.3 is 0 Å². The zero-order valence-electron chi connectivity index (χ0n) is 16.9. The molecular weight excluding hydrogens is 278 g/mol. The van der Waals surface area contributed by atoms with Gasteiger partial charge in [0.1, 0.15) is 0 Å². The highest BCUT2D eigenvalue weighted by Crippen LogP contribution is 2.13. The maximum Gasteiger partial charge on any atom is 0.0913 e. The largest absolute Gasteiger partial charge is 0.303 e. The Bertz CT molecular complexity index is 255. The Balaban J connectivity index is 3.14. The molecule has 1 heteroatoms. The lowest BCUT2D eigenvalue weighted by atomic mass is 10.0. The van der Waals surface area contributed by atoms with Crippen LogP contribution in [0, 0.1) is 0 Å². The third-order valence-electron chi connectivity index (χ3n) is 5.05. The highest BCUT2D eigenvalue weighted by atomic mass is 15.3. The van der Waals surface area contributed by atoms with E-state index in [2.05, 4.69) is 40.2 Å². The Morgan fingerprint density at radius 3 is 1.35 bits per heavy atom. The number of rotatable bonds is 17. The lowest BCUT2D eigenvalue weighted by molar-refractivity contribution is -0.836. The molecule has 0 aromatic heterocycles. The van der Waals surface area contributed by atoms with Crippen LogP contribution < -0.4 is 0 Å². The summed E-state index contributed by atoms with van der Waals surface area (Å²) in [5, 5.41) is 0. The number of unbranched alkanes of at least 4 members (excludes halogenated alkanes) is 14. The van der Waals surface area contributed by atoms with Gasteiger partial charge in [0.15, 0.2) is 0 Å². The fourth-order valence-electron chi connectivity index (χ4n) is 2.92.